The Balaban J connectivity index is 1.58. The van der Waals surface area contributed by atoms with Gasteiger partial charge in [0.2, 0.25) is 0 Å². The van der Waals surface area contributed by atoms with Crippen LogP contribution in [0.1, 0.15) is 29.7 Å². The van der Waals surface area contributed by atoms with E-state index in [4.69, 9.17) is 4.74 Å². The molecule has 0 aliphatic carbocycles. The second-order valence-corrected chi connectivity index (χ2v) is 6.15. The van der Waals surface area contributed by atoms with Crippen molar-refractivity contribution in [3.05, 3.63) is 35.7 Å². The molecule has 1 fully saturated rings. The monoisotopic (exact) mass is 316 g/mol. The molecular weight excluding hydrogens is 292 g/mol. The van der Waals surface area contributed by atoms with Crippen LogP contribution in [0.5, 0.6) is 0 Å². The molecule has 2 aromatic heterocycles. The van der Waals surface area contributed by atoms with Gasteiger partial charge in [0.1, 0.15) is 11.9 Å². The predicted molar refractivity (Wildman–Crippen MR) is 88.2 cm³/mol. The van der Waals surface area contributed by atoms with Gasteiger partial charge in [0.05, 0.1) is 0 Å². The van der Waals surface area contributed by atoms with E-state index in [9.17, 15) is 0 Å². The van der Waals surface area contributed by atoms with E-state index >= 15 is 0 Å². The molecule has 1 aliphatic heterocycles. The van der Waals surface area contributed by atoms with Gasteiger partial charge in [-0.2, -0.15) is 5.10 Å². The van der Waals surface area contributed by atoms with Crippen molar-refractivity contribution in [2.24, 2.45) is 5.92 Å². The zero-order chi connectivity index (χ0) is 16.2. The smallest absolute Gasteiger partial charge is 0.179 e. The molecule has 1 saturated heterocycles. The van der Waals surface area contributed by atoms with Crippen molar-refractivity contribution >= 4 is 5.69 Å². The van der Waals surface area contributed by atoms with Gasteiger partial charge in [0.25, 0.3) is 0 Å². The third-order valence-electron chi connectivity index (χ3n) is 4.16. The molecule has 2 N–H and O–H groups in total. The Labute approximate surface area is 136 Å². The Kier molecular flexibility index (Phi) is 4.88. The van der Waals surface area contributed by atoms with Crippen molar-refractivity contribution in [3.8, 4) is 0 Å². The van der Waals surface area contributed by atoms with Crippen LogP contribution in [0, 0.1) is 12.8 Å². The highest BCUT2D eigenvalue weighted by Gasteiger charge is 2.32. The van der Waals surface area contributed by atoms with Crippen molar-refractivity contribution in [3.63, 3.8) is 0 Å². The molecule has 0 spiro atoms. The number of nitrogens with zero attached hydrogens (tertiary/aromatic N) is 4. The fourth-order valence-electron chi connectivity index (χ4n) is 3.00. The number of hydrogen-bond acceptors (Lipinski definition) is 6. The molecule has 0 amide bonds. The number of hydrogen-bond donors (Lipinski definition) is 2. The van der Waals surface area contributed by atoms with E-state index in [0.29, 0.717) is 5.92 Å². The van der Waals surface area contributed by atoms with Crippen LogP contribution in [0.15, 0.2) is 18.5 Å². The first-order chi connectivity index (χ1) is 11.1. The Hall–Kier alpha value is -1.99. The van der Waals surface area contributed by atoms with Crippen molar-refractivity contribution in [1.82, 2.24) is 25.5 Å². The van der Waals surface area contributed by atoms with Gasteiger partial charge in [0, 0.05) is 63.4 Å². The third kappa shape index (κ3) is 3.68. The first-order valence-electron chi connectivity index (χ1n) is 7.96. The second-order valence-electron chi connectivity index (χ2n) is 6.15. The molecule has 124 valence electrons. The summed E-state index contributed by atoms with van der Waals surface area (Å²) in [5.74, 6) is 1.99. The summed E-state index contributed by atoms with van der Waals surface area (Å²) >= 11 is 0. The lowest BCUT2D eigenvalue weighted by atomic mass is 10.0. The Morgan fingerprint density at radius 3 is 3.04 bits per heavy atom. The number of anilines is 1. The fourth-order valence-corrected chi connectivity index (χ4v) is 3.00. The van der Waals surface area contributed by atoms with Gasteiger partial charge in [-0.3, -0.25) is 10.1 Å². The second kappa shape index (κ2) is 7.06. The Morgan fingerprint density at radius 2 is 2.30 bits per heavy atom. The van der Waals surface area contributed by atoms with Gasteiger partial charge in [0.15, 0.2) is 5.82 Å². The van der Waals surface area contributed by atoms with Crippen LogP contribution in [0.25, 0.3) is 0 Å². The van der Waals surface area contributed by atoms with Crippen molar-refractivity contribution in [1.29, 1.82) is 0 Å². The average Bonchev–Trinajstić information content (AvgIpc) is 3.16. The van der Waals surface area contributed by atoms with Crippen molar-refractivity contribution in [2.75, 3.05) is 32.1 Å². The number of pyridine rings is 1. The molecule has 0 unspecified atom stereocenters. The van der Waals surface area contributed by atoms with Crippen LogP contribution in [0.4, 0.5) is 5.69 Å². The van der Waals surface area contributed by atoms with E-state index in [1.54, 1.807) is 0 Å². The van der Waals surface area contributed by atoms with Crippen LogP contribution >= 0.6 is 0 Å². The minimum absolute atomic E-state index is 0.0188. The summed E-state index contributed by atoms with van der Waals surface area (Å²) in [6, 6.07) is 2.04. The molecule has 7 heteroatoms. The molecule has 1 aliphatic rings. The van der Waals surface area contributed by atoms with E-state index in [1.807, 2.05) is 39.5 Å². The van der Waals surface area contributed by atoms with Crippen LogP contribution in [0.2, 0.25) is 0 Å². The Bertz CT molecular complexity index is 641. The van der Waals surface area contributed by atoms with E-state index in [2.05, 4.69) is 30.4 Å². The van der Waals surface area contributed by atoms with Crippen LogP contribution in [-0.4, -0.2) is 47.4 Å². The van der Waals surface area contributed by atoms with Gasteiger partial charge in [-0.05, 0) is 19.4 Å². The number of aromatic amines is 1. The number of nitrogens with one attached hydrogen (secondary N) is 2. The van der Waals surface area contributed by atoms with Crippen LogP contribution < -0.4 is 10.2 Å². The summed E-state index contributed by atoms with van der Waals surface area (Å²) in [5, 5.41) is 10.7. The molecular formula is C16H24N6O. The van der Waals surface area contributed by atoms with E-state index in [0.717, 1.165) is 37.8 Å². The van der Waals surface area contributed by atoms with Gasteiger partial charge in [-0.15, -0.1) is 0 Å². The standard InChI is InChI=1S/C16H24N6O/c1-11-19-16(21-20-11)15-12(5-7-23-15)8-18-10-13-9-17-6-4-14(13)22(2)3/h4,6,9,12,15,18H,5,7-8,10H2,1-3H3,(H,19,20,21)/t12-,15-/m0/s1. The SMILES string of the molecule is Cc1nc([C@H]2OCC[C@H]2CNCc2cnccc2N(C)C)n[nH]1. The highest BCUT2D eigenvalue weighted by molar-refractivity contribution is 5.50. The lowest BCUT2D eigenvalue weighted by Crippen LogP contribution is -2.26. The largest absolute Gasteiger partial charge is 0.377 e. The normalized spacial score (nSPS) is 20.8. The summed E-state index contributed by atoms with van der Waals surface area (Å²) < 4.78 is 5.82. The first kappa shape index (κ1) is 15.9. The molecule has 0 saturated carbocycles. The van der Waals surface area contributed by atoms with E-state index in [1.165, 1.54) is 11.3 Å². The maximum Gasteiger partial charge on any atom is 0.179 e. The maximum absolute atomic E-state index is 5.82. The number of rotatable bonds is 6. The van der Waals surface area contributed by atoms with Crippen molar-refractivity contribution in [2.45, 2.75) is 26.0 Å². The van der Waals surface area contributed by atoms with Crippen molar-refractivity contribution < 1.29 is 4.74 Å². The molecule has 23 heavy (non-hydrogen) atoms. The lowest BCUT2D eigenvalue weighted by molar-refractivity contribution is 0.0835. The minimum atomic E-state index is -0.0188. The van der Waals surface area contributed by atoms with Crippen LogP contribution in [0.3, 0.4) is 0 Å². The zero-order valence-corrected chi connectivity index (χ0v) is 13.9. The average molecular weight is 316 g/mol. The quantitative estimate of drug-likeness (QED) is 0.839. The summed E-state index contributed by atoms with van der Waals surface area (Å²) in [4.78, 5) is 10.7. The molecule has 3 rings (SSSR count). The van der Waals surface area contributed by atoms with Gasteiger partial charge < -0.3 is 15.0 Å². The van der Waals surface area contributed by atoms with E-state index < -0.39 is 0 Å². The van der Waals surface area contributed by atoms with Gasteiger partial charge in [-0.1, -0.05) is 0 Å². The fraction of sp³-hybridized carbons (Fsp3) is 0.562. The molecule has 2 atom stereocenters. The highest BCUT2D eigenvalue weighted by Crippen LogP contribution is 2.32. The minimum Gasteiger partial charge on any atom is -0.377 e. The molecule has 0 bridgehead atoms. The predicted octanol–water partition coefficient (Wildman–Crippen LogP) is 1.44. The first-order valence-corrected chi connectivity index (χ1v) is 7.96. The van der Waals surface area contributed by atoms with Gasteiger partial charge >= 0.3 is 0 Å². The third-order valence-corrected chi connectivity index (χ3v) is 4.16. The molecule has 7 nitrogen and oxygen atoms in total. The molecule has 3 heterocycles. The number of ether oxygens (including phenoxy) is 1. The summed E-state index contributed by atoms with van der Waals surface area (Å²) in [5.41, 5.74) is 2.39. The zero-order valence-electron chi connectivity index (χ0n) is 13.9. The van der Waals surface area contributed by atoms with Gasteiger partial charge in [-0.25, -0.2) is 4.98 Å². The molecule has 0 aromatic carbocycles. The number of aromatic nitrogens is 4. The number of H-pyrrole nitrogens is 1. The highest BCUT2D eigenvalue weighted by atomic mass is 16.5. The van der Waals surface area contributed by atoms with Crippen LogP contribution in [-0.2, 0) is 11.3 Å². The number of aryl methyl sites for hydroxylation is 1. The summed E-state index contributed by atoms with van der Waals surface area (Å²) in [6.07, 6.45) is 4.75. The summed E-state index contributed by atoms with van der Waals surface area (Å²) in [6.45, 7) is 4.34. The lowest BCUT2D eigenvalue weighted by Gasteiger charge is -2.19. The topological polar surface area (TPSA) is 79.0 Å². The maximum atomic E-state index is 5.82. The summed E-state index contributed by atoms with van der Waals surface area (Å²) in [7, 11) is 4.09. The molecule has 2 aromatic rings. The van der Waals surface area contributed by atoms with E-state index in [-0.39, 0.29) is 6.10 Å². The molecule has 0 radical (unpaired) electrons. The Morgan fingerprint density at radius 1 is 1.43 bits per heavy atom.